The summed E-state index contributed by atoms with van der Waals surface area (Å²) in [4.78, 5) is 12.6. The van der Waals surface area contributed by atoms with Crippen LogP contribution in [-0.4, -0.2) is 37.1 Å². The lowest BCUT2D eigenvalue weighted by molar-refractivity contribution is -0.161. The SMILES string of the molecule is CN(CC(F)(F)F)C(=O)C1CCCC(CN)C1. The molecule has 0 radical (unpaired) electrons. The van der Waals surface area contributed by atoms with E-state index in [9.17, 15) is 18.0 Å². The molecule has 0 aromatic carbocycles. The van der Waals surface area contributed by atoms with Crippen LogP contribution in [0.25, 0.3) is 0 Å². The molecule has 2 N–H and O–H groups in total. The quantitative estimate of drug-likeness (QED) is 0.832. The minimum Gasteiger partial charge on any atom is -0.336 e. The average Bonchev–Trinajstić information content (AvgIpc) is 2.26. The van der Waals surface area contributed by atoms with Gasteiger partial charge in [-0.25, -0.2) is 0 Å². The Balaban J connectivity index is 2.51. The monoisotopic (exact) mass is 252 g/mol. The van der Waals surface area contributed by atoms with E-state index in [0.29, 0.717) is 19.4 Å². The van der Waals surface area contributed by atoms with Crippen molar-refractivity contribution in [1.29, 1.82) is 0 Å². The Hall–Kier alpha value is -0.780. The van der Waals surface area contributed by atoms with Gasteiger partial charge in [0.1, 0.15) is 6.54 Å². The van der Waals surface area contributed by atoms with Crippen LogP contribution in [0.15, 0.2) is 0 Å². The molecule has 0 aromatic rings. The molecule has 100 valence electrons. The number of nitrogens with two attached hydrogens (primary N) is 1. The molecular formula is C11H19F3N2O. The van der Waals surface area contributed by atoms with E-state index in [4.69, 9.17) is 5.73 Å². The number of alkyl halides is 3. The van der Waals surface area contributed by atoms with E-state index in [1.54, 1.807) is 0 Å². The van der Waals surface area contributed by atoms with Crippen LogP contribution in [0.2, 0.25) is 0 Å². The van der Waals surface area contributed by atoms with Crippen LogP contribution in [0.3, 0.4) is 0 Å². The summed E-state index contributed by atoms with van der Waals surface area (Å²) < 4.78 is 36.5. The van der Waals surface area contributed by atoms with Gasteiger partial charge < -0.3 is 10.6 Å². The van der Waals surface area contributed by atoms with Gasteiger partial charge in [0.2, 0.25) is 5.91 Å². The maximum Gasteiger partial charge on any atom is 0.406 e. The first-order chi connectivity index (χ1) is 7.83. The lowest BCUT2D eigenvalue weighted by Gasteiger charge is -2.30. The third-order valence-corrected chi connectivity index (χ3v) is 3.26. The molecule has 1 saturated carbocycles. The molecule has 0 heterocycles. The zero-order valence-corrected chi connectivity index (χ0v) is 9.96. The van der Waals surface area contributed by atoms with Crippen molar-refractivity contribution in [3.63, 3.8) is 0 Å². The molecule has 1 amide bonds. The van der Waals surface area contributed by atoms with E-state index < -0.39 is 18.6 Å². The first-order valence-corrected chi connectivity index (χ1v) is 5.85. The van der Waals surface area contributed by atoms with Crippen LogP contribution in [0.5, 0.6) is 0 Å². The highest BCUT2D eigenvalue weighted by atomic mass is 19.4. The summed E-state index contributed by atoms with van der Waals surface area (Å²) in [6.45, 7) is -0.664. The van der Waals surface area contributed by atoms with Crippen LogP contribution in [0, 0.1) is 11.8 Å². The largest absolute Gasteiger partial charge is 0.406 e. The molecule has 1 rings (SSSR count). The molecule has 1 aliphatic carbocycles. The van der Waals surface area contributed by atoms with Gasteiger partial charge >= 0.3 is 6.18 Å². The van der Waals surface area contributed by atoms with Crippen molar-refractivity contribution < 1.29 is 18.0 Å². The van der Waals surface area contributed by atoms with Crippen molar-refractivity contribution in [2.45, 2.75) is 31.9 Å². The fourth-order valence-electron chi connectivity index (χ4n) is 2.39. The lowest BCUT2D eigenvalue weighted by atomic mass is 9.81. The van der Waals surface area contributed by atoms with Gasteiger partial charge in [0.25, 0.3) is 0 Å². The number of rotatable bonds is 3. The van der Waals surface area contributed by atoms with E-state index in [1.807, 2.05) is 0 Å². The molecule has 17 heavy (non-hydrogen) atoms. The highest BCUT2D eigenvalue weighted by molar-refractivity contribution is 5.78. The third-order valence-electron chi connectivity index (χ3n) is 3.26. The molecule has 0 aliphatic heterocycles. The predicted octanol–water partition coefficient (Wildman–Crippen LogP) is 1.77. The summed E-state index contributed by atoms with van der Waals surface area (Å²) in [5, 5.41) is 0. The number of carbonyl (C=O) groups is 1. The Morgan fingerprint density at radius 2 is 2.06 bits per heavy atom. The lowest BCUT2D eigenvalue weighted by Crippen LogP contribution is -2.41. The summed E-state index contributed by atoms with van der Waals surface area (Å²) in [6.07, 6.45) is -1.18. The summed E-state index contributed by atoms with van der Waals surface area (Å²) in [6, 6.07) is 0. The van der Waals surface area contributed by atoms with Gasteiger partial charge in [0.05, 0.1) is 0 Å². The Labute approximate surface area is 99.1 Å². The fourth-order valence-corrected chi connectivity index (χ4v) is 2.39. The van der Waals surface area contributed by atoms with Crippen molar-refractivity contribution in [1.82, 2.24) is 4.90 Å². The van der Waals surface area contributed by atoms with Crippen molar-refractivity contribution >= 4 is 5.91 Å². The summed E-state index contributed by atoms with van der Waals surface area (Å²) in [7, 11) is 1.21. The highest BCUT2D eigenvalue weighted by Crippen LogP contribution is 2.30. The van der Waals surface area contributed by atoms with Gasteiger partial charge in [0, 0.05) is 13.0 Å². The number of carbonyl (C=O) groups excluding carboxylic acids is 1. The third kappa shape index (κ3) is 4.53. The molecule has 2 unspecified atom stereocenters. The first kappa shape index (κ1) is 14.3. The fraction of sp³-hybridized carbons (Fsp3) is 0.909. The number of hydrogen-bond donors (Lipinski definition) is 1. The van der Waals surface area contributed by atoms with E-state index >= 15 is 0 Å². The zero-order valence-electron chi connectivity index (χ0n) is 9.96. The molecule has 2 atom stereocenters. The summed E-state index contributed by atoms with van der Waals surface area (Å²) in [5.41, 5.74) is 5.54. The van der Waals surface area contributed by atoms with Crippen LogP contribution >= 0.6 is 0 Å². The smallest absolute Gasteiger partial charge is 0.336 e. The highest BCUT2D eigenvalue weighted by Gasteiger charge is 2.34. The first-order valence-electron chi connectivity index (χ1n) is 5.85. The summed E-state index contributed by atoms with van der Waals surface area (Å²) in [5.74, 6) is -0.415. The number of amides is 1. The Kier molecular flexibility index (Phi) is 4.80. The van der Waals surface area contributed by atoms with E-state index in [1.165, 1.54) is 7.05 Å². The van der Waals surface area contributed by atoms with Crippen LogP contribution in [0.1, 0.15) is 25.7 Å². The average molecular weight is 252 g/mol. The van der Waals surface area contributed by atoms with Crippen molar-refractivity contribution in [2.75, 3.05) is 20.1 Å². The number of hydrogen-bond acceptors (Lipinski definition) is 2. The second kappa shape index (κ2) is 5.71. The molecule has 0 aromatic heterocycles. The van der Waals surface area contributed by atoms with Gasteiger partial charge in [-0.05, 0) is 31.7 Å². The van der Waals surface area contributed by atoms with Gasteiger partial charge in [-0.3, -0.25) is 4.79 Å². The van der Waals surface area contributed by atoms with E-state index in [2.05, 4.69) is 0 Å². The molecule has 0 saturated heterocycles. The maximum atomic E-state index is 12.2. The Bertz CT molecular complexity index is 268. The second-order valence-electron chi connectivity index (χ2n) is 4.77. The van der Waals surface area contributed by atoms with Gasteiger partial charge in [-0.15, -0.1) is 0 Å². The standard InChI is InChI=1S/C11H19F3N2O/c1-16(7-11(12,13)14)10(17)9-4-2-3-8(5-9)6-15/h8-9H,2-7,15H2,1H3. The molecule has 3 nitrogen and oxygen atoms in total. The predicted molar refractivity (Wildman–Crippen MR) is 58.2 cm³/mol. The minimum absolute atomic E-state index is 0.275. The summed E-state index contributed by atoms with van der Waals surface area (Å²) >= 11 is 0. The van der Waals surface area contributed by atoms with Gasteiger partial charge in [0.15, 0.2) is 0 Å². The molecule has 0 bridgehead atoms. The van der Waals surface area contributed by atoms with Crippen molar-refractivity contribution in [3.8, 4) is 0 Å². The molecule has 1 aliphatic rings. The van der Waals surface area contributed by atoms with Gasteiger partial charge in [-0.1, -0.05) is 6.42 Å². The zero-order chi connectivity index (χ0) is 13.1. The maximum absolute atomic E-state index is 12.2. The Morgan fingerprint density at radius 3 is 2.59 bits per heavy atom. The topological polar surface area (TPSA) is 46.3 Å². The normalized spacial score (nSPS) is 25.7. The molecule has 1 fully saturated rings. The number of halogens is 3. The van der Waals surface area contributed by atoms with Crippen LogP contribution < -0.4 is 5.73 Å². The van der Waals surface area contributed by atoms with Crippen molar-refractivity contribution in [2.24, 2.45) is 17.6 Å². The van der Waals surface area contributed by atoms with E-state index in [-0.39, 0.29) is 11.8 Å². The second-order valence-corrected chi connectivity index (χ2v) is 4.77. The Morgan fingerprint density at radius 1 is 1.41 bits per heavy atom. The van der Waals surface area contributed by atoms with E-state index in [0.717, 1.165) is 17.7 Å². The molecule has 0 spiro atoms. The van der Waals surface area contributed by atoms with Crippen LogP contribution in [0.4, 0.5) is 13.2 Å². The molecular weight excluding hydrogens is 233 g/mol. The van der Waals surface area contributed by atoms with Crippen LogP contribution in [-0.2, 0) is 4.79 Å². The van der Waals surface area contributed by atoms with Crippen molar-refractivity contribution in [3.05, 3.63) is 0 Å². The van der Waals surface area contributed by atoms with Gasteiger partial charge in [-0.2, -0.15) is 13.2 Å². The molecule has 6 heteroatoms. The minimum atomic E-state index is -4.33. The number of nitrogens with zero attached hydrogens (tertiary/aromatic N) is 1.